The Morgan fingerprint density at radius 3 is 3.12 bits per heavy atom. The highest BCUT2D eigenvalue weighted by Gasteiger charge is 2.21. The summed E-state index contributed by atoms with van der Waals surface area (Å²) in [5.41, 5.74) is 0.787. The molecule has 3 nitrogen and oxygen atoms in total. The molecule has 1 aromatic rings. The van der Waals surface area contributed by atoms with Crippen LogP contribution in [0.1, 0.15) is 23.2 Å². The van der Waals surface area contributed by atoms with Crippen molar-refractivity contribution >= 4 is 39.8 Å². The molecule has 5 heteroatoms. The Morgan fingerprint density at radius 1 is 1.75 bits per heavy atom. The first-order chi connectivity index (χ1) is 7.66. The van der Waals surface area contributed by atoms with Gasteiger partial charge in [-0.1, -0.05) is 0 Å². The number of nitrogens with zero attached hydrogens (tertiary/aromatic N) is 1. The summed E-state index contributed by atoms with van der Waals surface area (Å²) in [6.45, 7) is 1.54. The Hall–Kier alpha value is -0.140. The summed E-state index contributed by atoms with van der Waals surface area (Å²) in [7, 11) is 1.84. The molecule has 1 fully saturated rings. The van der Waals surface area contributed by atoms with E-state index in [-0.39, 0.29) is 12.0 Å². The number of hydrogen-bond donors (Lipinski definition) is 0. The van der Waals surface area contributed by atoms with Gasteiger partial charge in [-0.15, -0.1) is 11.3 Å². The molecule has 0 saturated carbocycles. The quantitative estimate of drug-likeness (QED) is 0.784. The van der Waals surface area contributed by atoms with Crippen molar-refractivity contribution in [2.45, 2.75) is 18.9 Å². The van der Waals surface area contributed by atoms with Crippen LogP contribution in [0, 0.1) is 2.88 Å². The number of hydrogen-bond acceptors (Lipinski definition) is 3. The molecular weight excluding hydrogens is 337 g/mol. The van der Waals surface area contributed by atoms with E-state index in [1.807, 2.05) is 18.5 Å². The standard InChI is InChI=1S/C11H14INO2S/c1-13(6-9-3-2-4-15-9)11(14)8-5-10(12)16-7-8/h5,7,9H,2-4,6H2,1H3. The van der Waals surface area contributed by atoms with Crippen LogP contribution in [0.15, 0.2) is 11.4 Å². The van der Waals surface area contributed by atoms with E-state index in [4.69, 9.17) is 4.74 Å². The molecule has 0 aliphatic carbocycles. The number of likely N-dealkylation sites (N-methyl/N-ethyl adjacent to an activating group) is 1. The molecule has 2 heterocycles. The SMILES string of the molecule is CN(CC1CCCO1)C(=O)c1csc(I)c1. The lowest BCUT2D eigenvalue weighted by Gasteiger charge is -2.20. The van der Waals surface area contributed by atoms with Crippen LogP contribution >= 0.6 is 33.9 Å². The number of amides is 1. The van der Waals surface area contributed by atoms with Crippen LogP contribution in [-0.4, -0.2) is 37.1 Å². The summed E-state index contributed by atoms with van der Waals surface area (Å²) in [5.74, 6) is 0.0923. The first kappa shape index (κ1) is 12.3. The Bertz CT molecular complexity index is 374. The van der Waals surface area contributed by atoms with Crippen LogP contribution in [0.5, 0.6) is 0 Å². The molecule has 16 heavy (non-hydrogen) atoms. The van der Waals surface area contributed by atoms with Gasteiger partial charge in [-0.05, 0) is 41.5 Å². The van der Waals surface area contributed by atoms with E-state index in [0.29, 0.717) is 6.54 Å². The molecule has 0 radical (unpaired) electrons. The predicted molar refractivity (Wildman–Crippen MR) is 73.0 cm³/mol. The van der Waals surface area contributed by atoms with Crippen molar-refractivity contribution in [3.8, 4) is 0 Å². The van der Waals surface area contributed by atoms with Gasteiger partial charge in [-0.2, -0.15) is 0 Å². The molecule has 1 aliphatic rings. The third-order valence-electron chi connectivity index (χ3n) is 2.66. The van der Waals surface area contributed by atoms with E-state index < -0.39 is 0 Å². The van der Waals surface area contributed by atoms with E-state index in [9.17, 15) is 4.79 Å². The van der Waals surface area contributed by atoms with Gasteiger partial charge in [0.25, 0.3) is 5.91 Å². The zero-order chi connectivity index (χ0) is 11.5. The van der Waals surface area contributed by atoms with E-state index >= 15 is 0 Å². The summed E-state index contributed by atoms with van der Waals surface area (Å²) in [5, 5.41) is 1.91. The fourth-order valence-electron chi connectivity index (χ4n) is 1.82. The van der Waals surface area contributed by atoms with E-state index in [1.165, 1.54) is 0 Å². The van der Waals surface area contributed by atoms with Gasteiger partial charge in [0.2, 0.25) is 0 Å². The van der Waals surface area contributed by atoms with Crippen molar-refractivity contribution in [3.05, 3.63) is 19.9 Å². The minimum Gasteiger partial charge on any atom is -0.376 e. The maximum atomic E-state index is 12.0. The number of rotatable bonds is 3. The smallest absolute Gasteiger partial charge is 0.254 e. The van der Waals surface area contributed by atoms with Gasteiger partial charge in [0.1, 0.15) is 0 Å². The number of halogens is 1. The fourth-order valence-corrected chi connectivity index (χ4v) is 3.14. The van der Waals surface area contributed by atoms with Crippen LogP contribution in [0.2, 0.25) is 0 Å². The second kappa shape index (κ2) is 5.46. The summed E-state index contributed by atoms with van der Waals surface area (Å²) in [4.78, 5) is 13.8. The van der Waals surface area contributed by atoms with Crippen molar-refractivity contribution in [1.82, 2.24) is 4.90 Å². The van der Waals surface area contributed by atoms with Crippen LogP contribution in [-0.2, 0) is 4.74 Å². The van der Waals surface area contributed by atoms with Crippen LogP contribution in [0.4, 0.5) is 0 Å². The topological polar surface area (TPSA) is 29.5 Å². The zero-order valence-corrected chi connectivity index (χ0v) is 12.1. The largest absolute Gasteiger partial charge is 0.376 e. The Labute approximate surface area is 113 Å². The lowest BCUT2D eigenvalue weighted by molar-refractivity contribution is 0.0587. The zero-order valence-electron chi connectivity index (χ0n) is 9.11. The molecule has 1 unspecified atom stereocenters. The molecular formula is C11H14INO2S. The Balaban J connectivity index is 1.93. The van der Waals surface area contributed by atoms with Gasteiger partial charge in [0.05, 0.1) is 14.6 Å². The van der Waals surface area contributed by atoms with E-state index in [2.05, 4.69) is 22.6 Å². The third-order valence-corrected chi connectivity index (χ3v) is 4.45. The predicted octanol–water partition coefficient (Wildman–Crippen LogP) is 2.60. The van der Waals surface area contributed by atoms with Gasteiger partial charge in [-0.25, -0.2) is 0 Å². The third kappa shape index (κ3) is 2.95. The highest BCUT2D eigenvalue weighted by molar-refractivity contribution is 14.1. The van der Waals surface area contributed by atoms with Crippen molar-refractivity contribution in [2.75, 3.05) is 20.2 Å². The number of thiophene rings is 1. The highest BCUT2D eigenvalue weighted by Crippen LogP contribution is 2.19. The molecule has 0 spiro atoms. The van der Waals surface area contributed by atoms with Gasteiger partial charge in [0, 0.05) is 25.6 Å². The highest BCUT2D eigenvalue weighted by atomic mass is 127. The Morgan fingerprint density at radius 2 is 2.56 bits per heavy atom. The first-order valence-corrected chi connectivity index (χ1v) is 7.24. The number of ether oxygens (including phenoxy) is 1. The monoisotopic (exact) mass is 351 g/mol. The molecule has 1 aliphatic heterocycles. The van der Waals surface area contributed by atoms with Crippen LogP contribution in [0.3, 0.4) is 0 Å². The molecule has 0 N–H and O–H groups in total. The summed E-state index contributed by atoms with van der Waals surface area (Å²) >= 11 is 3.83. The molecule has 1 atom stereocenters. The lowest BCUT2D eigenvalue weighted by Crippen LogP contribution is -2.33. The van der Waals surface area contributed by atoms with Crippen molar-refractivity contribution < 1.29 is 9.53 Å². The molecule has 0 bridgehead atoms. The number of carbonyl (C=O) groups excluding carboxylic acids is 1. The van der Waals surface area contributed by atoms with Crippen LogP contribution < -0.4 is 0 Å². The second-order valence-electron chi connectivity index (χ2n) is 3.96. The minimum absolute atomic E-state index is 0.0923. The maximum absolute atomic E-state index is 12.0. The molecule has 1 saturated heterocycles. The first-order valence-electron chi connectivity index (χ1n) is 5.28. The van der Waals surface area contributed by atoms with Gasteiger partial charge < -0.3 is 9.64 Å². The average Bonchev–Trinajstić information content (AvgIpc) is 2.88. The van der Waals surface area contributed by atoms with E-state index in [0.717, 1.165) is 27.9 Å². The van der Waals surface area contributed by atoms with Crippen molar-refractivity contribution in [1.29, 1.82) is 0 Å². The van der Waals surface area contributed by atoms with Gasteiger partial charge in [-0.3, -0.25) is 4.79 Å². The fraction of sp³-hybridized carbons (Fsp3) is 0.545. The van der Waals surface area contributed by atoms with E-state index in [1.54, 1.807) is 16.2 Å². The molecule has 88 valence electrons. The molecule has 0 aromatic carbocycles. The molecule has 1 aromatic heterocycles. The summed E-state index contributed by atoms with van der Waals surface area (Å²) < 4.78 is 6.67. The second-order valence-corrected chi connectivity index (χ2v) is 6.77. The minimum atomic E-state index is 0.0923. The van der Waals surface area contributed by atoms with Gasteiger partial charge >= 0.3 is 0 Å². The van der Waals surface area contributed by atoms with Crippen LogP contribution in [0.25, 0.3) is 0 Å². The number of carbonyl (C=O) groups is 1. The maximum Gasteiger partial charge on any atom is 0.254 e. The molecule has 1 amide bonds. The van der Waals surface area contributed by atoms with Crippen molar-refractivity contribution in [2.24, 2.45) is 0 Å². The average molecular weight is 351 g/mol. The Kier molecular flexibility index (Phi) is 4.21. The van der Waals surface area contributed by atoms with Gasteiger partial charge in [0.15, 0.2) is 0 Å². The normalized spacial score (nSPS) is 20.0. The lowest BCUT2D eigenvalue weighted by atomic mass is 10.2. The summed E-state index contributed by atoms with van der Waals surface area (Å²) in [6, 6.07) is 1.93. The van der Waals surface area contributed by atoms with Crippen molar-refractivity contribution in [3.63, 3.8) is 0 Å². The summed E-state index contributed by atoms with van der Waals surface area (Å²) in [6.07, 6.45) is 2.41. The molecule has 2 rings (SSSR count).